The first-order valence-corrected chi connectivity index (χ1v) is 6.96. The highest BCUT2D eigenvalue weighted by molar-refractivity contribution is 7.89. The Morgan fingerprint density at radius 1 is 1.33 bits per heavy atom. The number of anilines is 1. The van der Waals surface area contributed by atoms with Crippen LogP contribution in [0.4, 0.5) is 5.69 Å². The van der Waals surface area contributed by atoms with E-state index in [4.69, 9.17) is 10.6 Å². The van der Waals surface area contributed by atoms with Gasteiger partial charge in [-0.1, -0.05) is 12.1 Å². The van der Waals surface area contributed by atoms with E-state index < -0.39 is 16.3 Å². The Balaban J connectivity index is 2.16. The first kappa shape index (κ1) is 12.8. The van der Waals surface area contributed by atoms with Crippen LogP contribution in [0.3, 0.4) is 0 Å². The molecule has 1 aromatic rings. The molecule has 0 amide bonds. The van der Waals surface area contributed by atoms with Gasteiger partial charge in [0.2, 0.25) is 10.0 Å². The fourth-order valence-electron chi connectivity index (χ4n) is 1.52. The van der Waals surface area contributed by atoms with Crippen LogP contribution in [0.2, 0.25) is 0 Å². The second-order valence-electron chi connectivity index (χ2n) is 4.24. The van der Waals surface area contributed by atoms with Gasteiger partial charge in [-0.2, -0.15) is 4.72 Å². The Hall–Kier alpha value is -1.60. The molecule has 0 radical (unpaired) electrons. The van der Waals surface area contributed by atoms with Crippen molar-refractivity contribution in [3.63, 3.8) is 0 Å². The third kappa shape index (κ3) is 2.46. The van der Waals surface area contributed by atoms with E-state index in [0.717, 1.165) is 5.71 Å². The second-order valence-corrected chi connectivity index (χ2v) is 5.95. The molecule has 1 aliphatic rings. The predicted octanol–water partition coefficient (Wildman–Crippen LogP) is 0.915. The zero-order valence-electron chi connectivity index (χ0n) is 10.1. The molecule has 98 valence electrons. The van der Waals surface area contributed by atoms with Gasteiger partial charge in [-0.25, -0.2) is 8.42 Å². The maximum Gasteiger partial charge on any atom is 0.243 e. The number of nitrogens with one attached hydrogen (secondary N) is 1. The van der Waals surface area contributed by atoms with Crippen LogP contribution in [0.5, 0.6) is 0 Å². The summed E-state index contributed by atoms with van der Waals surface area (Å²) in [5.41, 5.74) is 6.79. The Morgan fingerprint density at radius 2 is 1.94 bits per heavy atom. The van der Waals surface area contributed by atoms with E-state index in [1.807, 2.05) is 6.92 Å². The highest BCUT2D eigenvalue weighted by Crippen LogP contribution is 2.19. The zero-order valence-corrected chi connectivity index (χ0v) is 10.9. The number of nitrogens with two attached hydrogens (primary N) is 1. The summed E-state index contributed by atoms with van der Waals surface area (Å²) in [4.78, 5) is 5.18. The monoisotopic (exact) mass is 269 g/mol. The molecule has 0 saturated heterocycles. The number of benzene rings is 1. The van der Waals surface area contributed by atoms with E-state index in [1.54, 1.807) is 6.92 Å². The summed E-state index contributed by atoms with van der Waals surface area (Å²) < 4.78 is 26.6. The molecule has 0 bridgehead atoms. The van der Waals surface area contributed by atoms with E-state index >= 15 is 0 Å². The molecule has 1 aliphatic heterocycles. The number of rotatable bonds is 3. The number of nitrogen functional groups attached to an aromatic ring is 1. The summed E-state index contributed by atoms with van der Waals surface area (Å²) >= 11 is 0. The SMILES string of the molecule is CC1=NO[C@H](NS(=O)(=O)c2ccc(N)cc2)[C@H]1C. The lowest BCUT2D eigenvalue weighted by Gasteiger charge is -2.15. The van der Waals surface area contributed by atoms with Gasteiger partial charge in [-0.15, -0.1) is 0 Å². The lowest BCUT2D eigenvalue weighted by molar-refractivity contribution is 0.0576. The topological polar surface area (TPSA) is 93.8 Å². The molecule has 0 unspecified atom stereocenters. The van der Waals surface area contributed by atoms with Crippen LogP contribution in [0.15, 0.2) is 34.3 Å². The first-order chi connectivity index (χ1) is 8.40. The van der Waals surface area contributed by atoms with Crippen molar-refractivity contribution in [3.8, 4) is 0 Å². The van der Waals surface area contributed by atoms with Crippen LogP contribution in [0.1, 0.15) is 13.8 Å². The quantitative estimate of drug-likeness (QED) is 0.798. The molecule has 3 N–H and O–H groups in total. The molecule has 18 heavy (non-hydrogen) atoms. The average Bonchev–Trinajstić information content (AvgIpc) is 2.61. The third-order valence-electron chi connectivity index (χ3n) is 2.89. The standard InChI is InChI=1S/C11H15N3O3S/c1-7-8(2)13-17-11(7)14-18(15,16)10-5-3-9(12)4-6-10/h3-7,11,14H,12H2,1-2H3/t7-,11-/m0/s1. The number of oxime groups is 1. The van der Waals surface area contributed by atoms with Crippen LogP contribution in [-0.2, 0) is 14.9 Å². The summed E-state index contributed by atoms with van der Waals surface area (Å²) in [5, 5.41) is 3.76. The minimum absolute atomic E-state index is 0.0893. The fraction of sp³-hybridized carbons (Fsp3) is 0.364. The molecule has 6 nitrogen and oxygen atoms in total. The molecule has 2 atom stereocenters. The Kier molecular flexibility index (Phi) is 3.27. The van der Waals surface area contributed by atoms with Crippen molar-refractivity contribution in [1.29, 1.82) is 0 Å². The van der Waals surface area contributed by atoms with Crippen LogP contribution >= 0.6 is 0 Å². The van der Waals surface area contributed by atoms with Gasteiger partial charge in [-0.3, -0.25) is 0 Å². The van der Waals surface area contributed by atoms with Gasteiger partial charge in [0.15, 0.2) is 6.23 Å². The summed E-state index contributed by atoms with van der Waals surface area (Å²) in [7, 11) is -3.62. The normalized spacial score (nSPS) is 23.6. The van der Waals surface area contributed by atoms with E-state index in [2.05, 4.69) is 9.88 Å². The molecule has 0 saturated carbocycles. The molecule has 0 aromatic heterocycles. The zero-order chi connectivity index (χ0) is 13.3. The number of hydrogen-bond acceptors (Lipinski definition) is 5. The summed E-state index contributed by atoms with van der Waals surface area (Å²) in [6, 6.07) is 5.97. The van der Waals surface area contributed by atoms with Gasteiger partial charge >= 0.3 is 0 Å². The van der Waals surface area contributed by atoms with Gasteiger partial charge in [-0.05, 0) is 31.2 Å². The molecule has 1 heterocycles. The van der Waals surface area contributed by atoms with Gasteiger partial charge in [0.25, 0.3) is 0 Å². The van der Waals surface area contributed by atoms with Crippen LogP contribution in [0, 0.1) is 5.92 Å². The van der Waals surface area contributed by atoms with Crippen molar-refractivity contribution in [3.05, 3.63) is 24.3 Å². The predicted molar refractivity (Wildman–Crippen MR) is 68.3 cm³/mol. The molecular weight excluding hydrogens is 254 g/mol. The minimum Gasteiger partial charge on any atom is -0.399 e. The fourth-order valence-corrected chi connectivity index (χ4v) is 2.71. The molecule has 7 heteroatoms. The van der Waals surface area contributed by atoms with Crippen LogP contribution in [0.25, 0.3) is 0 Å². The van der Waals surface area contributed by atoms with E-state index in [0.29, 0.717) is 5.69 Å². The number of sulfonamides is 1. The number of hydrogen-bond donors (Lipinski definition) is 2. The first-order valence-electron chi connectivity index (χ1n) is 5.48. The highest BCUT2D eigenvalue weighted by atomic mass is 32.2. The van der Waals surface area contributed by atoms with E-state index in [-0.39, 0.29) is 10.8 Å². The van der Waals surface area contributed by atoms with E-state index in [1.165, 1.54) is 24.3 Å². The van der Waals surface area contributed by atoms with Gasteiger partial charge in [0, 0.05) is 5.69 Å². The molecule has 2 rings (SSSR count). The van der Waals surface area contributed by atoms with E-state index in [9.17, 15) is 8.42 Å². The Labute approximate surface area is 106 Å². The van der Waals surface area contributed by atoms with Crippen molar-refractivity contribution in [1.82, 2.24) is 4.72 Å². The van der Waals surface area contributed by atoms with Gasteiger partial charge in [0.05, 0.1) is 16.5 Å². The summed E-state index contributed by atoms with van der Waals surface area (Å²) in [6.45, 7) is 3.64. The van der Waals surface area contributed by atoms with Crippen molar-refractivity contribution in [2.45, 2.75) is 25.0 Å². The van der Waals surface area contributed by atoms with Crippen LogP contribution < -0.4 is 10.5 Å². The molecule has 0 spiro atoms. The number of nitrogens with zero attached hydrogens (tertiary/aromatic N) is 1. The Morgan fingerprint density at radius 3 is 2.44 bits per heavy atom. The second kappa shape index (κ2) is 4.58. The lowest BCUT2D eigenvalue weighted by Crippen LogP contribution is -2.39. The minimum atomic E-state index is -3.62. The average molecular weight is 269 g/mol. The molecule has 1 aromatic carbocycles. The maximum absolute atomic E-state index is 12.1. The largest absolute Gasteiger partial charge is 0.399 e. The Bertz CT molecular complexity index is 566. The van der Waals surface area contributed by atoms with Crippen molar-refractivity contribution in [2.75, 3.05) is 5.73 Å². The van der Waals surface area contributed by atoms with Crippen LogP contribution in [-0.4, -0.2) is 20.4 Å². The van der Waals surface area contributed by atoms with Crippen molar-refractivity contribution in [2.24, 2.45) is 11.1 Å². The highest BCUT2D eigenvalue weighted by Gasteiger charge is 2.31. The smallest absolute Gasteiger partial charge is 0.243 e. The third-order valence-corrected chi connectivity index (χ3v) is 4.32. The molecule has 0 fully saturated rings. The summed E-state index contributed by atoms with van der Waals surface area (Å²) in [6.07, 6.45) is -0.660. The molecule has 0 aliphatic carbocycles. The van der Waals surface area contributed by atoms with Gasteiger partial charge < -0.3 is 10.6 Å². The van der Waals surface area contributed by atoms with Crippen molar-refractivity contribution < 1.29 is 13.3 Å². The maximum atomic E-state index is 12.1. The lowest BCUT2D eigenvalue weighted by atomic mass is 10.1. The van der Waals surface area contributed by atoms with Crippen molar-refractivity contribution >= 4 is 21.4 Å². The van der Waals surface area contributed by atoms with Gasteiger partial charge in [0.1, 0.15) is 0 Å². The summed E-state index contributed by atoms with van der Waals surface area (Å²) in [5.74, 6) is -0.0893. The molecular formula is C11H15N3O3S.